The summed E-state index contributed by atoms with van der Waals surface area (Å²) in [5, 5.41) is 2.33. The lowest BCUT2D eigenvalue weighted by atomic mass is 10.1. The Balaban J connectivity index is 2.14. The van der Waals surface area contributed by atoms with Crippen LogP contribution in [0, 0.1) is 35.4 Å². The number of pyridine rings is 1. The van der Waals surface area contributed by atoms with Gasteiger partial charge < -0.3 is 26.3 Å². The Morgan fingerprint density at radius 1 is 0.968 bits per heavy atom. The number of nitrogens with two attached hydrogens (primary N) is 2. The fourth-order valence-electron chi connectivity index (χ4n) is 2.05. The Bertz CT molecular complexity index is 1060. The Morgan fingerprint density at radius 3 is 2.06 bits per heavy atom. The van der Waals surface area contributed by atoms with Crippen molar-refractivity contribution >= 4 is 23.8 Å². The topological polar surface area (TPSA) is 147 Å². The lowest BCUT2D eigenvalue weighted by Gasteiger charge is -2.15. The fraction of sp³-hybridized carbons (Fsp3) is 0.111. The van der Waals surface area contributed by atoms with Crippen LogP contribution in [0.4, 0.5) is 32.8 Å². The van der Waals surface area contributed by atoms with Crippen molar-refractivity contribution < 1.29 is 41.4 Å². The molecule has 0 bridgehead atoms. The Labute approximate surface area is 171 Å². The van der Waals surface area contributed by atoms with Gasteiger partial charge in [0, 0.05) is 11.3 Å². The number of benzene rings is 1. The number of nitrogens with zero attached hydrogens (tertiary/aromatic N) is 1. The first-order valence-corrected chi connectivity index (χ1v) is 8.09. The van der Waals surface area contributed by atoms with Gasteiger partial charge in [0.2, 0.25) is 6.10 Å². The van der Waals surface area contributed by atoms with Crippen LogP contribution in [0.15, 0.2) is 24.3 Å². The minimum atomic E-state index is -1.84. The first kappa shape index (κ1) is 22.9. The monoisotopic (exact) mass is 440 g/mol. The zero-order chi connectivity index (χ0) is 23.1. The van der Waals surface area contributed by atoms with Gasteiger partial charge in [0.15, 0.2) is 11.6 Å². The summed E-state index contributed by atoms with van der Waals surface area (Å²) in [6, 6.07) is 5.21. The van der Waals surface area contributed by atoms with Crippen LogP contribution in [0.3, 0.4) is 0 Å². The van der Waals surface area contributed by atoms with Gasteiger partial charge in [0.05, 0.1) is 0 Å². The number of carbonyl (C=O) groups is 3. The van der Waals surface area contributed by atoms with Crippen LogP contribution in [0.1, 0.15) is 11.1 Å². The molecular formula is C18H12F4N4O5. The summed E-state index contributed by atoms with van der Waals surface area (Å²) in [6.45, 7) is -0.691. The Morgan fingerprint density at radius 2 is 1.55 bits per heavy atom. The van der Waals surface area contributed by atoms with Crippen molar-refractivity contribution in [2.45, 2.75) is 6.10 Å². The number of hydrogen-bond donors (Lipinski definition) is 3. The number of aromatic nitrogens is 1. The van der Waals surface area contributed by atoms with Crippen molar-refractivity contribution in [1.82, 2.24) is 4.98 Å². The summed E-state index contributed by atoms with van der Waals surface area (Å²) in [5.74, 6) is -3.81. The summed E-state index contributed by atoms with van der Waals surface area (Å²) in [5.41, 5.74) is 8.80. The number of nitrogens with one attached hydrogen (secondary N) is 1. The summed E-state index contributed by atoms with van der Waals surface area (Å²) in [4.78, 5) is 36.1. The molecule has 13 heteroatoms. The van der Waals surface area contributed by atoms with Gasteiger partial charge in [-0.05, 0) is 24.3 Å². The molecule has 0 saturated heterocycles. The molecule has 0 saturated carbocycles. The number of rotatable bonds is 5. The molecule has 2 aromatic rings. The highest BCUT2D eigenvalue weighted by atomic mass is 19.2. The van der Waals surface area contributed by atoms with E-state index in [4.69, 9.17) is 11.5 Å². The van der Waals surface area contributed by atoms with Crippen molar-refractivity contribution in [3.05, 3.63) is 58.9 Å². The van der Waals surface area contributed by atoms with Crippen molar-refractivity contribution in [2.24, 2.45) is 11.5 Å². The summed E-state index contributed by atoms with van der Waals surface area (Å²) in [7, 11) is 0. The zero-order valence-corrected chi connectivity index (χ0v) is 15.2. The average molecular weight is 440 g/mol. The molecule has 0 radical (unpaired) electrons. The van der Waals surface area contributed by atoms with E-state index in [1.165, 1.54) is 24.3 Å². The molecule has 1 unspecified atom stereocenters. The lowest BCUT2D eigenvalue weighted by Crippen LogP contribution is -2.39. The molecule has 162 valence electrons. The SMILES string of the molecule is NC(=O)OCC(OC(N)=O)C(=O)Nc1ccc(C#Cc2c(F)c(F)nc(F)c2F)cc1. The van der Waals surface area contributed by atoms with Gasteiger partial charge in [0.1, 0.15) is 12.2 Å². The third-order valence-corrected chi connectivity index (χ3v) is 3.41. The van der Waals surface area contributed by atoms with Gasteiger partial charge in [-0.25, -0.2) is 18.4 Å². The number of ether oxygens (including phenoxy) is 2. The number of amides is 3. The molecule has 0 aliphatic rings. The van der Waals surface area contributed by atoms with Crippen LogP contribution in [0.2, 0.25) is 0 Å². The van der Waals surface area contributed by atoms with Crippen molar-refractivity contribution in [2.75, 3.05) is 11.9 Å². The molecule has 1 aromatic carbocycles. The quantitative estimate of drug-likeness (QED) is 0.365. The minimum Gasteiger partial charge on any atom is -0.445 e. The summed E-state index contributed by atoms with van der Waals surface area (Å²) >= 11 is 0. The van der Waals surface area contributed by atoms with Crippen LogP contribution in [-0.2, 0) is 14.3 Å². The first-order chi connectivity index (χ1) is 14.6. The van der Waals surface area contributed by atoms with Crippen molar-refractivity contribution in [1.29, 1.82) is 0 Å². The zero-order valence-electron chi connectivity index (χ0n) is 15.2. The second-order valence-electron chi connectivity index (χ2n) is 5.57. The van der Waals surface area contributed by atoms with Crippen molar-refractivity contribution in [3.8, 4) is 11.8 Å². The lowest BCUT2D eigenvalue weighted by molar-refractivity contribution is -0.125. The maximum absolute atomic E-state index is 13.6. The van der Waals surface area contributed by atoms with Gasteiger partial charge >= 0.3 is 12.2 Å². The van der Waals surface area contributed by atoms with Crippen LogP contribution in [0.5, 0.6) is 0 Å². The van der Waals surface area contributed by atoms with Crippen LogP contribution in [0.25, 0.3) is 0 Å². The highest BCUT2D eigenvalue weighted by Crippen LogP contribution is 2.16. The Hall–Kier alpha value is -4.34. The third kappa shape index (κ3) is 6.32. The predicted octanol–water partition coefficient (Wildman–Crippen LogP) is 1.54. The maximum Gasteiger partial charge on any atom is 0.405 e. The molecule has 1 heterocycles. The molecule has 3 amide bonds. The van der Waals surface area contributed by atoms with E-state index in [1.807, 2.05) is 5.92 Å². The van der Waals surface area contributed by atoms with E-state index in [9.17, 15) is 31.9 Å². The molecule has 31 heavy (non-hydrogen) atoms. The van der Waals surface area contributed by atoms with Gasteiger partial charge in [0.25, 0.3) is 17.8 Å². The van der Waals surface area contributed by atoms with E-state index in [-0.39, 0.29) is 11.3 Å². The number of carbonyl (C=O) groups excluding carboxylic acids is 3. The van der Waals surface area contributed by atoms with Crippen LogP contribution < -0.4 is 16.8 Å². The van der Waals surface area contributed by atoms with E-state index in [2.05, 4.69) is 25.7 Å². The van der Waals surface area contributed by atoms with E-state index in [1.54, 1.807) is 0 Å². The van der Waals surface area contributed by atoms with E-state index in [0.29, 0.717) is 0 Å². The van der Waals surface area contributed by atoms with Gasteiger partial charge in [-0.2, -0.15) is 13.8 Å². The molecule has 1 atom stereocenters. The number of primary amides is 2. The van der Waals surface area contributed by atoms with Crippen molar-refractivity contribution in [3.63, 3.8) is 0 Å². The average Bonchev–Trinajstić information content (AvgIpc) is 2.70. The first-order valence-electron chi connectivity index (χ1n) is 8.09. The van der Waals surface area contributed by atoms with Crippen LogP contribution >= 0.6 is 0 Å². The second kappa shape index (κ2) is 9.92. The number of hydrogen-bond acceptors (Lipinski definition) is 6. The largest absolute Gasteiger partial charge is 0.445 e. The molecule has 2 rings (SSSR count). The maximum atomic E-state index is 13.6. The Kier molecular flexibility index (Phi) is 7.34. The van der Waals surface area contributed by atoms with Gasteiger partial charge in [-0.3, -0.25) is 4.79 Å². The third-order valence-electron chi connectivity index (χ3n) is 3.41. The molecule has 0 aliphatic heterocycles. The van der Waals surface area contributed by atoms with E-state index in [0.717, 1.165) is 0 Å². The standard InChI is InChI=1S/C18H12F4N4O5/c19-12-10(13(20)15(22)26-14(12)21)6-3-8-1-4-9(5-2-8)25-16(27)11(31-18(24)29)7-30-17(23)28/h1-2,4-5,11H,7H2,(H2,23,28)(H2,24,29)(H,25,27). The molecule has 0 aliphatic carbocycles. The summed E-state index contributed by atoms with van der Waals surface area (Å²) in [6.07, 6.45) is -4.11. The molecule has 5 N–H and O–H groups in total. The summed E-state index contributed by atoms with van der Waals surface area (Å²) < 4.78 is 62.2. The second-order valence-corrected chi connectivity index (χ2v) is 5.57. The van der Waals surface area contributed by atoms with Crippen LogP contribution in [-0.4, -0.2) is 35.8 Å². The highest BCUT2D eigenvalue weighted by Gasteiger charge is 2.24. The molecule has 0 fully saturated rings. The number of anilines is 1. The molecular weight excluding hydrogens is 428 g/mol. The normalized spacial score (nSPS) is 11.0. The minimum absolute atomic E-state index is 0.158. The van der Waals surface area contributed by atoms with E-state index < -0.39 is 59.9 Å². The molecule has 9 nitrogen and oxygen atoms in total. The molecule has 1 aromatic heterocycles. The van der Waals surface area contributed by atoms with E-state index >= 15 is 0 Å². The van der Waals surface area contributed by atoms with Gasteiger partial charge in [-0.1, -0.05) is 11.8 Å². The predicted molar refractivity (Wildman–Crippen MR) is 95.1 cm³/mol. The number of halogens is 4. The fourth-order valence-corrected chi connectivity index (χ4v) is 2.05. The smallest absolute Gasteiger partial charge is 0.405 e. The highest BCUT2D eigenvalue weighted by molar-refractivity contribution is 5.95. The van der Waals surface area contributed by atoms with Gasteiger partial charge in [-0.15, -0.1) is 0 Å². The molecule has 0 spiro atoms.